The molecule has 11 heavy (non-hydrogen) atoms. The van der Waals surface area contributed by atoms with Gasteiger partial charge in [0.1, 0.15) is 0 Å². The molecule has 0 aromatic carbocycles. The van der Waals surface area contributed by atoms with Crippen LogP contribution in [0.15, 0.2) is 11.6 Å². The molecule has 1 aliphatic heterocycles. The molecule has 0 atom stereocenters. The normalized spacial score (nSPS) is 15.7. The molecular weight excluding hydrogens is 144 g/mol. The third-order valence-corrected chi connectivity index (χ3v) is 1.29. The van der Waals surface area contributed by atoms with E-state index in [2.05, 4.69) is 10.7 Å². The summed E-state index contributed by atoms with van der Waals surface area (Å²) in [7, 11) is 0. The summed E-state index contributed by atoms with van der Waals surface area (Å²) in [6.07, 6.45) is 7.02. The van der Waals surface area contributed by atoms with Gasteiger partial charge in [0.15, 0.2) is 0 Å². The van der Waals surface area contributed by atoms with Gasteiger partial charge in [-0.25, -0.2) is 9.59 Å². The third-order valence-electron chi connectivity index (χ3n) is 1.29. The number of carbonyl (C=O) groups is 2. The molecule has 0 saturated heterocycles. The molecule has 56 valence electrons. The van der Waals surface area contributed by atoms with E-state index in [0.29, 0.717) is 18.4 Å². The molecule has 0 N–H and O–H groups in total. The number of hydrogen-bond donors (Lipinski definition) is 0. The van der Waals surface area contributed by atoms with Gasteiger partial charge in [-0.1, -0.05) is 0 Å². The fourth-order valence-corrected chi connectivity index (χ4v) is 0.769. The van der Waals surface area contributed by atoms with Gasteiger partial charge in [-0.2, -0.15) is 0 Å². The van der Waals surface area contributed by atoms with Crippen LogP contribution in [0, 0.1) is 12.3 Å². The standard InChI is InChI=1S/C8H6O3/c1-2-3-4-6-5-7(9)11-8(6)10/h1,5H,3-4H2. The van der Waals surface area contributed by atoms with Crippen LogP contribution in [0.3, 0.4) is 0 Å². The number of esters is 2. The molecule has 0 saturated carbocycles. The van der Waals surface area contributed by atoms with Crippen molar-refractivity contribution >= 4 is 11.9 Å². The Bertz CT molecular complexity index is 268. The highest BCUT2D eigenvalue weighted by molar-refractivity contribution is 6.08. The van der Waals surface area contributed by atoms with Crippen molar-refractivity contribution < 1.29 is 14.3 Å². The van der Waals surface area contributed by atoms with Crippen LogP contribution >= 0.6 is 0 Å². The Morgan fingerprint density at radius 2 is 2.27 bits per heavy atom. The molecule has 1 rings (SSSR count). The van der Waals surface area contributed by atoms with Crippen molar-refractivity contribution in [2.45, 2.75) is 12.8 Å². The molecule has 1 heterocycles. The molecule has 0 spiro atoms. The Kier molecular flexibility index (Phi) is 2.07. The maximum Gasteiger partial charge on any atom is 0.342 e. The van der Waals surface area contributed by atoms with E-state index in [4.69, 9.17) is 6.42 Å². The quantitative estimate of drug-likeness (QED) is 0.325. The fraction of sp³-hybridized carbons (Fsp3) is 0.250. The SMILES string of the molecule is C#CCCC1=CC(=O)OC1=O. The molecule has 0 amide bonds. The predicted molar refractivity (Wildman–Crippen MR) is 37.2 cm³/mol. The third kappa shape index (κ3) is 1.68. The number of rotatable bonds is 2. The van der Waals surface area contributed by atoms with Crippen LogP contribution in [0.1, 0.15) is 12.8 Å². The lowest BCUT2D eigenvalue weighted by molar-refractivity contribution is -0.150. The number of ether oxygens (including phenoxy) is 1. The van der Waals surface area contributed by atoms with Crippen molar-refractivity contribution in [3.63, 3.8) is 0 Å². The van der Waals surface area contributed by atoms with Crippen LogP contribution in [0.25, 0.3) is 0 Å². The van der Waals surface area contributed by atoms with Gasteiger partial charge in [0.2, 0.25) is 0 Å². The number of cyclic esters (lactones) is 2. The van der Waals surface area contributed by atoms with E-state index >= 15 is 0 Å². The maximum absolute atomic E-state index is 10.7. The Morgan fingerprint density at radius 1 is 1.55 bits per heavy atom. The second-order valence-corrected chi connectivity index (χ2v) is 2.08. The van der Waals surface area contributed by atoms with E-state index in [1.165, 1.54) is 6.08 Å². The lowest BCUT2D eigenvalue weighted by Gasteiger charge is -1.91. The van der Waals surface area contributed by atoms with Crippen molar-refractivity contribution in [2.24, 2.45) is 0 Å². The molecule has 0 fully saturated rings. The molecule has 0 bridgehead atoms. The lowest BCUT2D eigenvalue weighted by Crippen LogP contribution is -2.01. The van der Waals surface area contributed by atoms with Gasteiger partial charge in [0.25, 0.3) is 0 Å². The van der Waals surface area contributed by atoms with E-state index in [0.717, 1.165) is 0 Å². The molecule has 3 heteroatoms. The Morgan fingerprint density at radius 3 is 2.73 bits per heavy atom. The van der Waals surface area contributed by atoms with Crippen LogP contribution < -0.4 is 0 Å². The summed E-state index contributed by atoms with van der Waals surface area (Å²) in [5.74, 6) is 1.21. The van der Waals surface area contributed by atoms with Crippen LogP contribution in [0.4, 0.5) is 0 Å². The molecule has 1 aliphatic rings. The first-order valence-corrected chi connectivity index (χ1v) is 3.14. The van der Waals surface area contributed by atoms with Crippen LogP contribution in [0.5, 0.6) is 0 Å². The highest BCUT2D eigenvalue weighted by Gasteiger charge is 2.22. The maximum atomic E-state index is 10.7. The minimum absolute atomic E-state index is 0.368. The van der Waals surface area contributed by atoms with E-state index in [1.807, 2.05) is 0 Å². The molecule has 0 aromatic rings. The smallest absolute Gasteiger partial charge is 0.342 e. The molecule has 0 radical (unpaired) electrons. The Labute approximate surface area is 64.0 Å². The number of carbonyl (C=O) groups excluding carboxylic acids is 2. The molecule has 0 unspecified atom stereocenters. The van der Waals surface area contributed by atoms with Gasteiger partial charge in [-0.15, -0.1) is 12.3 Å². The minimum Gasteiger partial charge on any atom is -0.386 e. The molecule has 3 nitrogen and oxygen atoms in total. The first-order chi connectivity index (χ1) is 5.24. The summed E-state index contributed by atoms with van der Waals surface area (Å²) < 4.78 is 4.23. The second kappa shape index (κ2) is 3.02. The first kappa shape index (κ1) is 7.55. The summed E-state index contributed by atoms with van der Waals surface area (Å²) in [6.45, 7) is 0. The number of hydrogen-bond acceptors (Lipinski definition) is 3. The van der Waals surface area contributed by atoms with Gasteiger partial charge in [-0.3, -0.25) is 0 Å². The topological polar surface area (TPSA) is 43.4 Å². The highest BCUT2D eigenvalue weighted by atomic mass is 16.6. The molecular formula is C8H6O3. The van der Waals surface area contributed by atoms with Gasteiger partial charge in [-0.05, 0) is 6.42 Å². The first-order valence-electron chi connectivity index (χ1n) is 3.14. The minimum atomic E-state index is -0.595. The average Bonchev–Trinajstić information content (AvgIpc) is 2.26. The molecule has 0 aromatic heterocycles. The molecule has 0 aliphatic carbocycles. The zero-order valence-corrected chi connectivity index (χ0v) is 5.79. The second-order valence-electron chi connectivity index (χ2n) is 2.08. The van der Waals surface area contributed by atoms with Gasteiger partial charge >= 0.3 is 11.9 Å². The Hall–Kier alpha value is -1.56. The summed E-state index contributed by atoms with van der Waals surface area (Å²) in [5.41, 5.74) is 0.368. The predicted octanol–water partition coefficient (Wildman–Crippen LogP) is 0.410. The van der Waals surface area contributed by atoms with Gasteiger partial charge in [0.05, 0.1) is 0 Å². The summed E-state index contributed by atoms with van der Waals surface area (Å²) in [5, 5.41) is 0. The zero-order chi connectivity index (χ0) is 8.27. The Balaban J connectivity index is 2.59. The fourth-order valence-electron chi connectivity index (χ4n) is 0.769. The zero-order valence-electron chi connectivity index (χ0n) is 5.79. The monoisotopic (exact) mass is 150 g/mol. The van der Waals surface area contributed by atoms with Crippen molar-refractivity contribution in [1.29, 1.82) is 0 Å². The van der Waals surface area contributed by atoms with E-state index in [1.54, 1.807) is 0 Å². The van der Waals surface area contributed by atoms with Crippen LogP contribution in [-0.2, 0) is 14.3 Å². The highest BCUT2D eigenvalue weighted by Crippen LogP contribution is 2.13. The van der Waals surface area contributed by atoms with Crippen LogP contribution in [0.2, 0.25) is 0 Å². The summed E-state index contributed by atoms with van der Waals surface area (Å²) in [4.78, 5) is 21.2. The van der Waals surface area contributed by atoms with E-state index in [9.17, 15) is 9.59 Å². The van der Waals surface area contributed by atoms with E-state index in [-0.39, 0.29) is 0 Å². The number of terminal acetylenes is 1. The van der Waals surface area contributed by atoms with E-state index < -0.39 is 11.9 Å². The lowest BCUT2D eigenvalue weighted by atomic mass is 10.1. The van der Waals surface area contributed by atoms with Crippen molar-refractivity contribution in [3.05, 3.63) is 11.6 Å². The van der Waals surface area contributed by atoms with Gasteiger partial charge in [0, 0.05) is 18.1 Å². The van der Waals surface area contributed by atoms with Crippen molar-refractivity contribution in [3.8, 4) is 12.3 Å². The average molecular weight is 150 g/mol. The largest absolute Gasteiger partial charge is 0.386 e. The van der Waals surface area contributed by atoms with Gasteiger partial charge < -0.3 is 4.74 Å². The van der Waals surface area contributed by atoms with Crippen molar-refractivity contribution in [2.75, 3.05) is 0 Å². The summed E-state index contributed by atoms with van der Waals surface area (Å²) >= 11 is 0. The van der Waals surface area contributed by atoms with Crippen molar-refractivity contribution in [1.82, 2.24) is 0 Å². The summed E-state index contributed by atoms with van der Waals surface area (Å²) in [6, 6.07) is 0. The van der Waals surface area contributed by atoms with Crippen LogP contribution in [-0.4, -0.2) is 11.9 Å².